The summed E-state index contributed by atoms with van der Waals surface area (Å²) < 4.78 is 10.7. The van der Waals surface area contributed by atoms with Gasteiger partial charge in [-0.3, -0.25) is 4.79 Å². The van der Waals surface area contributed by atoms with E-state index in [1.54, 1.807) is 39.8 Å². The van der Waals surface area contributed by atoms with E-state index in [4.69, 9.17) is 32.7 Å². The Morgan fingerprint density at radius 3 is 2.30 bits per heavy atom. The van der Waals surface area contributed by atoms with E-state index in [0.29, 0.717) is 30.6 Å². The molecule has 1 rings (SSSR count). The molecular formula is C19H28Cl2N2O4. The number of ether oxygens (including phenoxy) is 2. The molecule has 1 aromatic carbocycles. The lowest BCUT2D eigenvalue weighted by Gasteiger charge is -2.25. The molecule has 0 aromatic heterocycles. The number of hydrogen-bond donors (Lipinski definition) is 1. The zero-order chi connectivity index (χ0) is 20.4. The average molecular weight is 419 g/mol. The molecule has 8 heteroatoms. The van der Waals surface area contributed by atoms with Gasteiger partial charge in [0, 0.05) is 30.9 Å². The van der Waals surface area contributed by atoms with Crippen molar-refractivity contribution >= 4 is 41.0 Å². The van der Waals surface area contributed by atoms with Crippen LogP contribution in [0.4, 0.5) is 10.5 Å². The smallest absolute Gasteiger partial charge is 0.407 e. The third-order valence-corrected chi connectivity index (χ3v) is 3.71. The number of rotatable bonds is 9. The molecular weight excluding hydrogens is 391 g/mol. The molecule has 0 radical (unpaired) electrons. The maximum absolute atomic E-state index is 12.3. The van der Waals surface area contributed by atoms with E-state index in [1.165, 1.54) is 0 Å². The Balaban J connectivity index is 2.70. The molecule has 0 aliphatic carbocycles. The summed E-state index contributed by atoms with van der Waals surface area (Å²) in [5.41, 5.74) is 0.150. The second-order valence-electron chi connectivity index (χ2n) is 7.06. The van der Waals surface area contributed by atoms with Gasteiger partial charge < -0.3 is 19.7 Å². The van der Waals surface area contributed by atoms with Gasteiger partial charge in [0.1, 0.15) is 5.60 Å². The number of para-hydroxylation sites is 2. The number of halogens is 2. The second kappa shape index (κ2) is 11.2. The number of benzene rings is 1. The predicted octanol–water partition coefficient (Wildman–Crippen LogP) is 4.18. The molecule has 0 aliphatic heterocycles. The molecule has 0 fully saturated rings. The van der Waals surface area contributed by atoms with Gasteiger partial charge in [0.2, 0.25) is 0 Å². The van der Waals surface area contributed by atoms with Gasteiger partial charge in [-0.25, -0.2) is 4.79 Å². The molecule has 0 heterocycles. The molecule has 1 amide bonds. The molecule has 6 nitrogen and oxygen atoms in total. The zero-order valence-corrected chi connectivity index (χ0v) is 17.8. The Kier molecular flexibility index (Phi) is 9.74. The Morgan fingerprint density at radius 1 is 1.15 bits per heavy atom. The summed E-state index contributed by atoms with van der Waals surface area (Å²) in [6.07, 6.45) is -0.558. The number of carbonyl (C=O) groups excluding carboxylic acids is 2. The number of hydrogen-bond acceptors (Lipinski definition) is 5. The van der Waals surface area contributed by atoms with Gasteiger partial charge in [-0.15, -0.1) is 23.2 Å². The van der Waals surface area contributed by atoms with Crippen molar-refractivity contribution < 1.29 is 19.1 Å². The number of esters is 1. The van der Waals surface area contributed by atoms with Crippen LogP contribution in [0.25, 0.3) is 0 Å². The number of nitrogens with one attached hydrogen (secondary N) is 1. The highest BCUT2D eigenvalue weighted by molar-refractivity contribution is 6.18. The van der Waals surface area contributed by atoms with Gasteiger partial charge >= 0.3 is 12.1 Å². The number of carbonyl (C=O) groups is 2. The summed E-state index contributed by atoms with van der Waals surface area (Å²) in [6, 6.07) is 6.78. The van der Waals surface area contributed by atoms with E-state index >= 15 is 0 Å². The van der Waals surface area contributed by atoms with Crippen LogP contribution in [0.15, 0.2) is 24.3 Å². The standard InChI is InChI=1S/C19H28Cl2N2O4/c1-14(22-18(25)27-19(2,3)4)13-17(24)26-16-8-6-5-7-15(16)23(11-9-20)12-10-21/h5-8,14H,9-13H2,1-4H3,(H,22,25). The quantitative estimate of drug-likeness (QED) is 0.370. The zero-order valence-electron chi connectivity index (χ0n) is 16.3. The number of anilines is 1. The monoisotopic (exact) mass is 418 g/mol. The van der Waals surface area contributed by atoms with Crippen molar-refractivity contribution in [3.05, 3.63) is 24.3 Å². The van der Waals surface area contributed by atoms with Crippen molar-refractivity contribution in [2.45, 2.75) is 45.8 Å². The summed E-state index contributed by atoms with van der Waals surface area (Å²) in [6.45, 7) is 8.20. The van der Waals surface area contributed by atoms with Crippen LogP contribution in [-0.2, 0) is 9.53 Å². The van der Waals surface area contributed by atoms with Crippen molar-refractivity contribution in [1.82, 2.24) is 5.32 Å². The van der Waals surface area contributed by atoms with Gasteiger partial charge in [-0.2, -0.15) is 0 Å². The molecule has 1 atom stereocenters. The topological polar surface area (TPSA) is 67.9 Å². The lowest BCUT2D eigenvalue weighted by molar-refractivity contribution is -0.134. The third-order valence-electron chi connectivity index (χ3n) is 3.37. The molecule has 27 heavy (non-hydrogen) atoms. The number of nitrogens with zero attached hydrogens (tertiary/aromatic N) is 1. The highest BCUT2D eigenvalue weighted by Crippen LogP contribution is 2.28. The van der Waals surface area contributed by atoms with E-state index in [2.05, 4.69) is 5.32 Å². The van der Waals surface area contributed by atoms with Gasteiger partial charge in [-0.1, -0.05) is 12.1 Å². The molecule has 1 N–H and O–H groups in total. The molecule has 1 aromatic rings. The minimum Gasteiger partial charge on any atom is -0.444 e. The first-order valence-corrected chi connectivity index (χ1v) is 9.89. The van der Waals surface area contributed by atoms with Crippen molar-refractivity contribution in [2.24, 2.45) is 0 Å². The van der Waals surface area contributed by atoms with E-state index in [0.717, 1.165) is 5.69 Å². The summed E-state index contributed by atoms with van der Waals surface area (Å²) >= 11 is 11.7. The van der Waals surface area contributed by atoms with Crippen LogP contribution in [0, 0.1) is 0 Å². The highest BCUT2D eigenvalue weighted by atomic mass is 35.5. The summed E-state index contributed by atoms with van der Waals surface area (Å²) in [5.74, 6) is 0.830. The molecule has 0 aliphatic rings. The van der Waals surface area contributed by atoms with Crippen LogP contribution in [0.5, 0.6) is 5.75 Å². The second-order valence-corrected chi connectivity index (χ2v) is 7.81. The highest BCUT2D eigenvalue weighted by Gasteiger charge is 2.20. The first-order valence-electron chi connectivity index (χ1n) is 8.82. The van der Waals surface area contributed by atoms with Crippen LogP contribution in [0.3, 0.4) is 0 Å². The maximum Gasteiger partial charge on any atom is 0.407 e. The van der Waals surface area contributed by atoms with E-state index in [-0.39, 0.29) is 6.42 Å². The van der Waals surface area contributed by atoms with Crippen molar-refractivity contribution in [2.75, 3.05) is 29.7 Å². The first kappa shape index (κ1) is 23.4. The number of alkyl carbamates (subject to hydrolysis) is 1. The first-order chi connectivity index (χ1) is 12.7. The van der Waals surface area contributed by atoms with Crippen LogP contribution < -0.4 is 15.0 Å². The fourth-order valence-corrected chi connectivity index (χ4v) is 2.74. The predicted molar refractivity (Wildman–Crippen MR) is 109 cm³/mol. The Bertz CT molecular complexity index is 614. The average Bonchev–Trinajstić information content (AvgIpc) is 2.53. The van der Waals surface area contributed by atoms with Gasteiger partial charge in [-0.05, 0) is 39.8 Å². The number of amides is 1. The number of alkyl halides is 2. The van der Waals surface area contributed by atoms with Crippen molar-refractivity contribution in [3.63, 3.8) is 0 Å². The lowest BCUT2D eigenvalue weighted by Crippen LogP contribution is -2.39. The van der Waals surface area contributed by atoms with E-state index in [1.807, 2.05) is 17.0 Å². The minimum absolute atomic E-state index is 0.0125. The normalized spacial score (nSPS) is 12.2. The molecule has 0 saturated carbocycles. The van der Waals surface area contributed by atoms with Crippen molar-refractivity contribution in [3.8, 4) is 5.75 Å². The van der Waals surface area contributed by atoms with Crippen molar-refractivity contribution in [1.29, 1.82) is 0 Å². The summed E-state index contributed by atoms with van der Waals surface area (Å²) in [4.78, 5) is 26.0. The van der Waals surface area contributed by atoms with Gasteiger partial charge in [0.15, 0.2) is 5.75 Å². The summed E-state index contributed by atoms with van der Waals surface area (Å²) in [5, 5.41) is 2.62. The van der Waals surface area contributed by atoms with Crippen LogP contribution in [0.2, 0.25) is 0 Å². The maximum atomic E-state index is 12.3. The largest absolute Gasteiger partial charge is 0.444 e. The fraction of sp³-hybridized carbons (Fsp3) is 0.579. The molecule has 1 unspecified atom stereocenters. The van der Waals surface area contributed by atoms with Crippen LogP contribution in [-0.4, -0.2) is 48.6 Å². The lowest BCUT2D eigenvalue weighted by atomic mass is 10.2. The Hall–Kier alpha value is -1.66. The van der Waals surface area contributed by atoms with E-state index in [9.17, 15) is 9.59 Å². The van der Waals surface area contributed by atoms with E-state index < -0.39 is 23.7 Å². The SMILES string of the molecule is CC(CC(=O)Oc1ccccc1N(CCCl)CCCl)NC(=O)OC(C)(C)C. The molecule has 152 valence electrons. The van der Waals surface area contributed by atoms with Gasteiger partial charge in [0.05, 0.1) is 12.1 Å². The minimum atomic E-state index is -0.600. The molecule has 0 bridgehead atoms. The fourth-order valence-electron chi connectivity index (χ4n) is 2.34. The Labute approximate surface area is 171 Å². The third kappa shape index (κ3) is 9.20. The summed E-state index contributed by atoms with van der Waals surface area (Å²) in [7, 11) is 0. The molecule has 0 spiro atoms. The van der Waals surface area contributed by atoms with Crippen LogP contribution >= 0.6 is 23.2 Å². The Morgan fingerprint density at radius 2 is 1.74 bits per heavy atom. The van der Waals surface area contributed by atoms with Crippen LogP contribution in [0.1, 0.15) is 34.1 Å². The van der Waals surface area contributed by atoms with Gasteiger partial charge in [0.25, 0.3) is 0 Å². The molecule has 0 saturated heterocycles.